The van der Waals surface area contributed by atoms with Gasteiger partial charge >= 0.3 is 18.9 Å². The monoisotopic (exact) mass is 606 g/mol. The summed E-state index contributed by atoms with van der Waals surface area (Å²) in [5.74, 6) is 2.23. The van der Waals surface area contributed by atoms with Crippen molar-refractivity contribution in [1.29, 1.82) is 0 Å². The van der Waals surface area contributed by atoms with Crippen LogP contribution in [-0.4, -0.2) is 44.2 Å². The van der Waals surface area contributed by atoms with Crippen LogP contribution in [0.1, 0.15) is 146 Å². The van der Waals surface area contributed by atoms with Gasteiger partial charge in [-0.3, -0.25) is 4.79 Å². The Bertz CT molecular complexity index is 1030. The minimum atomic E-state index is -0.0918. The van der Waals surface area contributed by atoms with Gasteiger partial charge in [-0.15, -0.1) is 0 Å². The average Bonchev–Trinajstić information content (AvgIpc) is 2.93. The third-order valence-electron chi connectivity index (χ3n) is 7.68. The molecular formula is C37H60LiO4P. The Kier molecular flexibility index (Phi) is 19.6. The molecule has 4 nitrogen and oxygen atoms in total. The van der Waals surface area contributed by atoms with E-state index in [-0.39, 0.29) is 38.4 Å². The number of carbonyl (C=O) groups is 1. The fraction of sp³-hybridized carbons (Fsp3) is 0.649. The Balaban J connectivity index is 0.00000924. The molecule has 238 valence electrons. The predicted molar refractivity (Wildman–Crippen MR) is 189 cm³/mol. The van der Waals surface area contributed by atoms with Crippen molar-refractivity contribution in [3.8, 4) is 17.2 Å². The molecule has 0 saturated heterocycles. The predicted octanol–water partition coefficient (Wildman–Crippen LogP) is 9.97. The fourth-order valence-corrected chi connectivity index (χ4v) is 6.35. The summed E-state index contributed by atoms with van der Waals surface area (Å²) in [5, 5.41) is 0.864. The average molecular weight is 607 g/mol. The van der Waals surface area contributed by atoms with Gasteiger partial charge in [-0.1, -0.05) is 111 Å². The molecule has 0 amide bonds. The molecule has 2 aromatic rings. The first-order valence-electron chi connectivity index (χ1n) is 16.6. The molecule has 0 spiro atoms. The molecule has 0 aliphatic rings. The van der Waals surface area contributed by atoms with Crippen LogP contribution >= 0.6 is 8.58 Å². The third-order valence-corrected chi connectivity index (χ3v) is 8.90. The molecule has 0 radical (unpaired) electrons. The van der Waals surface area contributed by atoms with Crippen LogP contribution in [-0.2, 0) is 5.41 Å². The van der Waals surface area contributed by atoms with E-state index in [1.165, 1.54) is 50.5 Å². The number of benzene rings is 2. The first-order valence-corrected chi connectivity index (χ1v) is 17.6. The van der Waals surface area contributed by atoms with Crippen LogP contribution < -0.4 is 19.5 Å². The molecule has 0 heterocycles. The van der Waals surface area contributed by atoms with Crippen LogP contribution in [0.2, 0.25) is 0 Å². The van der Waals surface area contributed by atoms with Crippen molar-refractivity contribution in [3.63, 3.8) is 0 Å². The van der Waals surface area contributed by atoms with Crippen molar-refractivity contribution in [2.75, 3.05) is 19.8 Å². The van der Waals surface area contributed by atoms with E-state index in [4.69, 9.17) is 14.2 Å². The van der Waals surface area contributed by atoms with Crippen LogP contribution in [0.4, 0.5) is 0 Å². The van der Waals surface area contributed by atoms with E-state index in [1.807, 2.05) is 12.1 Å². The zero-order valence-corrected chi connectivity index (χ0v) is 29.0. The van der Waals surface area contributed by atoms with Crippen LogP contribution in [0.15, 0.2) is 24.3 Å². The third kappa shape index (κ3) is 14.0. The van der Waals surface area contributed by atoms with Crippen molar-refractivity contribution in [2.24, 2.45) is 0 Å². The molecular weight excluding hydrogens is 546 g/mol. The van der Waals surface area contributed by atoms with Gasteiger partial charge in [0.2, 0.25) is 0 Å². The summed E-state index contributed by atoms with van der Waals surface area (Å²) >= 11 is 0. The number of unbranched alkanes of at least 4 members (excludes halogenated alkanes) is 9. The van der Waals surface area contributed by atoms with E-state index in [9.17, 15) is 4.79 Å². The topological polar surface area (TPSA) is 44.8 Å². The molecule has 0 saturated carbocycles. The summed E-state index contributed by atoms with van der Waals surface area (Å²) in [4.78, 5) is 14.0. The van der Waals surface area contributed by atoms with E-state index >= 15 is 0 Å². The minimum absolute atomic E-state index is 0. The number of hydrogen-bond acceptors (Lipinski definition) is 4. The van der Waals surface area contributed by atoms with Crippen LogP contribution in [0, 0.1) is 13.8 Å². The Labute approximate surface area is 277 Å². The SMILES string of the molecule is CCCCCCOc1cc(OCCCCCC)c(PC(=O)c2c(C)cc(C(C)(C)C)cc2C)c(OCCCCCC)c1.[LiH]. The van der Waals surface area contributed by atoms with Crippen LogP contribution in [0.5, 0.6) is 17.2 Å². The van der Waals surface area contributed by atoms with Gasteiger partial charge < -0.3 is 14.2 Å². The molecule has 0 aliphatic heterocycles. The Morgan fingerprint density at radius 1 is 0.651 bits per heavy atom. The molecule has 0 bridgehead atoms. The molecule has 2 rings (SSSR count). The van der Waals surface area contributed by atoms with Gasteiger partial charge in [0, 0.05) is 17.7 Å². The zero-order chi connectivity index (χ0) is 31.0. The molecule has 0 aliphatic carbocycles. The molecule has 0 fully saturated rings. The molecule has 6 heteroatoms. The number of hydrogen-bond donors (Lipinski definition) is 0. The second-order valence-electron chi connectivity index (χ2n) is 12.7. The molecule has 1 unspecified atom stereocenters. The molecule has 2 aromatic carbocycles. The Morgan fingerprint density at radius 2 is 1.07 bits per heavy atom. The maximum absolute atomic E-state index is 14.0. The van der Waals surface area contributed by atoms with Gasteiger partial charge in [-0.2, -0.15) is 0 Å². The Hall–Kier alpha value is -1.46. The van der Waals surface area contributed by atoms with E-state index in [0.29, 0.717) is 19.8 Å². The van der Waals surface area contributed by atoms with E-state index in [0.717, 1.165) is 71.3 Å². The summed E-state index contributed by atoms with van der Waals surface area (Å²) in [6, 6.07) is 8.33. The number of rotatable bonds is 21. The molecule has 43 heavy (non-hydrogen) atoms. The van der Waals surface area contributed by atoms with Crippen molar-refractivity contribution in [2.45, 2.75) is 138 Å². The number of ether oxygens (including phenoxy) is 3. The quantitative estimate of drug-likeness (QED) is 0.0806. The van der Waals surface area contributed by atoms with Crippen molar-refractivity contribution in [1.82, 2.24) is 0 Å². The standard InChI is InChI=1S/C37H59O4P.Li.H/c1-9-12-15-18-21-39-31-26-32(40-22-19-16-13-10-2)35(33(27-31)41-23-20-17-14-11-3)42-36(38)34-28(4)24-30(25-29(34)5)37(6,7)8;;/h24-27,42H,9-23H2,1-8H3;;. The van der Waals surface area contributed by atoms with Crippen molar-refractivity contribution >= 4 is 38.3 Å². The van der Waals surface area contributed by atoms with E-state index in [2.05, 4.69) is 67.5 Å². The second-order valence-corrected chi connectivity index (χ2v) is 13.9. The van der Waals surface area contributed by atoms with Gasteiger partial charge in [0.1, 0.15) is 17.2 Å². The first-order chi connectivity index (χ1) is 20.1. The fourth-order valence-electron chi connectivity index (χ4n) is 5.07. The molecule has 1 atom stereocenters. The van der Waals surface area contributed by atoms with E-state index in [1.54, 1.807) is 0 Å². The van der Waals surface area contributed by atoms with Crippen LogP contribution in [0.3, 0.4) is 0 Å². The Morgan fingerprint density at radius 3 is 1.47 bits per heavy atom. The van der Waals surface area contributed by atoms with Gasteiger partial charge in [-0.05, 0) is 63.8 Å². The maximum atomic E-state index is 14.0. The molecule has 0 N–H and O–H groups in total. The van der Waals surface area contributed by atoms with Crippen molar-refractivity contribution in [3.05, 3.63) is 46.5 Å². The van der Waals surface area contributed by atoms with Crippen LogP contribution in [0.25, 0.3) is 0 Å². The summed E-state index contributed by atoms with van der Waals surface area (Å²) in [6.07, 6.45) is 13.7. The van der Waals surface area contributed by atoms with Gasteiger partial charge in [0.05, 0.1) is 25.1 Å². The summed E-state index contributed by atoms with van der Waals surface area (Å²) in [7, 11) is -0.0918. The summed E-state index contributed by atoms with van der Waals surface area (Å²) in [5.41, 5.74) is 4.31. The second kappa shape index (κ2) is 21.3. The number of aryl methyl sites for hydroxylation is 2. The van der Waals surface area contributed by atoms with Gasteiger partial charge in [-0.25, -0.2) is 0 Å². The first kappa shape index (κ1) is 39.6. The molecule has 0 aromatic heterocycles. The van der Waals surface area contributed by atoms with Gasteiger partial charge in [0.15, 0.2) is 5.52 Å². The summed E-state index contributed by atoms with van der Waals surface area (Å²) < 4.78 is 19.0. The van der Waals surface area contributed by atoms with Crippen molar-refractivity contribution < 1.29 is 19.0 Å². The normalized spacial score (nSPS) is 11.5. The van der Waals surface area contributed by atoms with Gasteiger partial charge in [0.25, 0.3) is 0 Å². The summed E-state index contributed by atoms with van der Waals surface area (Å²) in [6.45, 7) is 19.3. The number of carbonyl (C=O) groups excluding carboxylic acids is 1. The zero-order valence-electron chi connectivity index (χ0n) is 28.0. The van der Waals surface area contributed by atoms with E-state index < -0.39 is 0 Å².